The molecule has 0 spiro atoms. The highest BCUT2D eigenvalue weighted by Crippen LogP contribution is 2.33. The number of aryl methyl sites for hydroxylation is 2. The lowest BCUT2D eigenvalue weighted by Gasteiger charge is -2.13. The summed E-state index contributed by atoms with van der Waals surface area (Å²) in [6.07, 6.45) is 0. The van der Waals surface area contributed by atoms with Gasteiger partial charge in [0.1, 0.15) is 5.58 Å². The van der Waals surface area contributed by atoms with Crippen LogP contribution in [0.15, 0.2) is 69.9 Å². The van der Waals surface area contributed by atoms with Crippen LogP contribution in [0.3, 0.4) is 0 Å². The molecule has 1 aromatic heterocycles. The third-order valence-electron chi connectivity index (χ3n) is 5.34. The number of benzene rings is 3. The molecular formula is C27H22ClNO5. The van der Waals surface area contributed by atoms with E-state index >= 15 is 0 Å². The summed E-state index contributed by atoms with van der Waals surface area (Å²) in [6.45, 7) is 4.79. The Labute approximate surface area is 201 Å². The van der Waals surface area contributed by atoms with Crippen molar-refractivity contribution < 1.29 is 18.7 Å². The maximum absolute atomic E-state index is 13.3. The van der Waals surface area contributed by atoms with Gasteiger partial charge in [-0.25, -0.2) is 0 Å². The van der Waals surface area contributed by atoms with Crippen molar-refractivity contribution in [3.63, 3.8) is 0 Å². The molecule has 0 saturated carbocycles. The largest absolute Gasteiger partial charge is 0.476 e. The third-order valence-corrected chi connectivity index (χ3v) is 5.75. The van der Waals surface area contributed by atoms with Crippen molar-refractivity contribution in [3.8, 4) is 17.1 Å². The Morgan fingerprint density at radius 3 is 2.47 bits per heavy atom. The first-order valence-electron chi connectivity index (χ1n) is 10.6. The summed E-state index contributed by atoms with van der Waals surface area (Å²) in [5.74, 6) is -0.454. The molecule has 0 aliphatic heterocycles. The minimum absolute atomic E-state index is 0.0797. The number of ketones is 1. The third kappa shape index (κ3) is 4.87. The minimum atomic E-state index is -0.489. The van der Waals surface area contributed by atoms with Crippen LogP contribution in [0.5, 0.6) is 5.75 Å². The summed E-state index contributed by atoms with van der Waals surface area (Å²) in [4.78, 5) is 37.5. The Morgan fingerprint density at radius 1 is 1.03 bits per heavy atom. The van der Waals surface area contributed by atoms with Gasteiger partial charge in [-0.15, -0.1) is 0 Å². The molecule has 6 nitrogen and oxygen atoms in total. The van der Waals surface area contributed by atoms with Crippen LogP contribution >= 0.6 is 11.6 Å². The first kappa shape index (κ1) is 23.3. The lowest BCUT2D eigenvalue weighted by Crippen LogP contribution is -2.22. The quantitative estimate of drug-likeness (QED) is 0.348. The number of anilines is 1. The molecule has 1 N–H and O–H groups in total. The van der Waals surface area contributed by atoms with Gasteiger partial charge in [0.05, 0.1) is 5.39 Å². The number of carbonyl (C=O) groups is 2. The molecule has 0 unspecified atom stereocenters. The maximum atomic E-state index is 13.3. The molecule has 0 saturated heterocycles. The Kier molecular flexibility index (Phi) is 6.52. The second kappa shape index (κ2) is 9.53. The molecule has 34 heavy (non-hydrogen) atoms. The van der Waals surface area contributed by atoms with E-state index in [4.69, 9.17) is 20.8 Å². The fourth-order valence-electron chi connectivity index (χ4n) is 3.48. The van der Waals surface area contributed by atoms with Crippen LogP contribution in [-0.2, 0) is 4.79 Å². The number of hydrogen-bond donors (Lipinski definition) is 1. The summed E-state index contributed by atoms with van der Waals surface area (Å²) < 4.78 is 11.8. The SMILES string of the molecule is CC(=O)c1cccc(NC(=O)COc2c(-c3ccc(C)cc3)oc3cc(C)c(Cl)cc3c2=O)c1. The number of Topliss-reactive ketones (excluding diaryl/α,β-unsaturated/α-hetero) is 1. The molecule has 7 heteroatoms. The van der Waals surface area contributed by atoms with Gasteiger partial charge < -0.3 is 14.5 Å². The molecule has 1 amide bonds. The summed E-state index contributed by atoms with van der Waals surface area (Å²) in [6, 6.07) is 17.2. The van der Waals surface area contributed by atoms with Gasteiger partial charge >= 0.3 is 0 Å². The number of carbonyl (C=O) groups excluding carboxylic acids is 2. The highest BCUT2D eigenvalue weighted by Gasteiger charge is 2.20. The molecule has 0 aliphatic rings. The Bertz CT molecular complexity index is 1470. The predicted octanol–water partition coefficient (Wildman–Crippen LogP) is 5.95. The van der Waals surface area contributed by atoms with Gasteiger partial charge in [0, 0.05) is 21.8 Å². The zero-order chi connectivity index (χ0) is 24.4. The highest BCUT2D eigenvalue weighted by molar-refractivity contribution is 6.32. The van der Waals surface area contributed by atoms with Crippen LogP contribution in [-0.4, -0.2) is 18.3 Å². The van der Waals surface area contributed by atoms with E-state index in [0.29, 0.717) is 27.4 Å². The lowest BCUT2D eigenvalue weighted by atomic mass is 10.1. The van der Waals surface area contributed by atoms with Crippen molar-refractivity contribution in [1.29, 1.82) is 0 Å². The van der Waals surface area contributed by atoms with Gasteiger partial charge in [0.25, 0.3) is 5.91 Å². The number of ether oxygens (including phenoxy) is 1. The van der Waals surface area contributed by atoms with Crippen molar-refractivity contribution in [2.45, 2.75) is 20.8 Å². The smallest absolute Gasteiger partial charge is 0.262 e. The summed E-state index contributed by atoms with van der Waals surface area (Å²) >= 11 is 6.23. The average molecular weight is 476 g/mol. The van der Waals surface area contributed by atoms with Crippen LogP contribution in [0.1, 0.15) is 28.4 Å². The van der Waals surface area contributed by atoms with Gasteiger partial charge in [-0.3, -0.25) is 14.4 Å². The Morgan fingerprint density at radius 2 is 1.76 bits per heavy atom. The van der Waals surface area contributed by atoms with Gasteiger partial charge in [-0.1, -0.05) is 53.6 Å². The zero-order valence-electron chi connectivity index (χ0n) is 18.9. The van der Waals surface area contributed by atoms with E-state index in [1.807, 2.05) is 38.1 Å². The molecule has 4 aromatic rings. The molecule has 0 radical (unpaired) electrons. The number of nitrogens with one attached hydrogen (secondary N) is 1. The molecule has 172 valence electrons. The van der Waals surface area contributed by atoms with Crippen LogP contribution in [0.25, 0.3) is 22.3 Å². The van der Waals surface area contributed by atoms with Crippen molar-refractivity contribution in [2.24, 2.45) is 0 Å². The van der Waals surface area contributed by atoms with E-state index < -0.39 is 17.9 Å². The normalized spacial score (nSPS) is 10.8. The van der Waals surface area contributed by atoms with E-state index in [0.717, 1.165) is 11.1 Å². The number of hydrogen-bond acceptors (Lipinski definition) is 5. The van der Waals surface area contributed by atoms with E-state index in [1.54, 1.807) is 30.3 Å². The molecule has 0 bridgehead atoms. The van der Waals surface area contributed by atoms with E-state index in [-0.39, 0.29) is 22.7 Å². The number of halogens is 1. The maximum Gasteiger partial charge on any atom is 0.262 e. The number of fused-ring (bicyclic) bond motifs is 1. The summed E-state index contributed by atoms with van der Waals surface area (Å²) in [7, 11) is 0. The molecule has 0 fully saturated rings. The van der Waals surface area contributed by atoms with Crippen LogP contribution in [0.4, 0.5) is 5.69 Å². The zero-order valence-corrected chi connectivity index (χ0v) is 19.7. The molecule has 0 aliphatic carbocycles. The second-order valence-electron chi connectivity index (χ2n) is 8.03. The number of amides is 1. The topological polar surface area (TPSA) is 85.6 Å². The first-order chi connectivity index (χ1) is 16.2. The fraction of sp³-hybridized carbons (Fsp3) is 0.148. The lowest BCUT2D eigenvalue weighted by molar-refractivity contribution is -0.118. The summed E-state index contributed by atoms with van der Waals surface area (Å²) in [5, 5.41) is 3.37. The Hall–Kier alpha value is -3.90. The molecule has 4 rings (SSSR count). The van der Waals surface area contributed by atoms with E-state index in [1.165, 1.54) is 13.0 Å². The van der Waals surface area contributed by atoms with Crippen LogP contribution in [0, 0.1) is 13.8 Å². The van der Waals surface area contributed by atoms with Gasteiger partial charge in [-0.05, 0) is 50.6 Å². The average Bonchev–Trinajstić information content (AvgIpc) is 2.80. The molecule has 3 aromatic carbocycles. The van der Waals surface area contributed by atoms with Gasteiger partial charge in [0.15, 0.2) is 18.2 Å². The Balaban J connectivity index is 1.69. The van der Waals surface area contributed by atoms with Gasteiger partial charge in [-0.2, -0.15) is 0 Å². The minimum Gasteiger partial charge on any atom is -0.476 e. The van der Waals surface area contributed by atoms with Crippen molar-refractivity contribution >= 4 is 39.9 Å². The fourth-order valence-corrected chi connectivity index (χ4v) is 3.64. The van der Waals surface area contributed by atoms with Crippen molar-refractivity contribution in [2.75, 3.05) is 11.9 Å². The standard InChI is InChI=1S/C27H22ClNO5/c1-15-7-9-18(10-8-15)26-27(25(32)21-13-22(28)16(2)11-23(21)34-26)33-14-24(31)29-20-6-4-5-19(12-20)17(3)30/h4-13H,14H2,1-3H3,(H,29,31). The van der Waals surface area contributed by atoms with E-state index in [9.17, 15) is 14.4 Å². The first-order valence-corrected chi connectivity index (χ1v) is 11.0. The second-order valence-corrected chi connectivity index (χ2v) is 8.43. The number of rotatable bonds is 6. The molecule has 1 heterocycles. The van der Waals surface area contributed by atoms with Crippen LogP contribution < -0.4 is 15.5 Å². The van der Waals surface area contributed by atoms with Crippen molar-refractivity contribution in [1.82, 2.24) is 0 Å². The van der Waals surface area contributed by atoms with Crippen LogP contribution in [0.2, 0.25) is 5.02 Å². The predicted molar refractivity (Wildman–Crippen MR) is 133 cm³/mol. The van der Waals surface area contributed by atoms with E-state index in [2.05, 4.69) is 5.32 Å². The summed E-state index contributed by atoms with van der Waals surface area (Å²) in [5.41, 5.74) is 3.33. The molecular weight excluding hydrogens is 454 g/mol. The monoisotopic (exact) mass is 475 g/mol. The highest BCUT2D eigenvalue weighted by atomic mass is 35.5. The molecule has 0 atom stereocenters. The van der Waals surface area contributed by atoms with Crippen molar-refractivity contribution in [3.05, 3.63) is 92.6 Å². The van der Waals surface area contributed by atoms with Gasteiger partial charge in [0.2, 0.25) is 11.2 Å².